The Kier molecular flexibility index (Phi) is 15.0. The van der Waals surface area contributed by atoms with E-state index in [1.807, 2.05) is 42.5 Å². The quantitative estimate of drug-likeness (QED) is 0.203. The van der Waals surface area contributed by atoms with Crippen molar-refractivity contribution in [3.05, 3.63) is 48.0 Å². The Morgan fingerprint density at radius 1 is 0.545 bits per heavy atom. The van der Waals surface area contributed by atoms with E-state index in [1.165, 1.54) is 13.8 Å². The lowest BCUT2D eigenvalue weighted by atomic mass is 9.95. The van der Waals surface area contributed by atoms with Crippen LogP contribution >= 0.6 is 0 Å². The molecule has 10 atom stereocenters. The van der Waals surface area contributed by atoms with Gasteiger partial charge in [-0.05, 0) is 22.4 Å². The van der Waals surface area contributed by atoms with Gasteiger partial charge < -0.3 is 53.3 Å². The molecule has 4 rings (SSSR count). The number of ether oxygens (including phenoxy) is 9. The van der Waals surface area contributed by atoms with Crippen molar-refractivity contribution >= 4 is 52.4 Å². The Balaban J connectivity index is 1.70. The van der Waals surface area contributed by atoms with Gasteiger partial charge in [0.15, 0.2) is 37.0 Å². The van der Waals surface area contributed by atoms with Crippen LogP contribution in [-0.2, 0) is 82.8 Å². The molecule has 2 aromatic carbocycles. The molecule has 0 saturated carbocycles. The van der Waals surface area contributed by atoms with Gasteiger partial charge in [-0.3, -0.25) is 33.6 Å². The Morgan fingerprint density at radius 3 is 1.47 bits per heavy atom. The number of amides is 2. The number of esters is 5. The maximum absolute atomic E-state index is 12.5. The largest absolute Gasteiger partial charge is 0.463 e. The van der Waals surface area contributed by atoms with Crippen LogP contribution in [0.4, 0.5) is 0 Å². The Labute approximate surface area is 316 Å². The summed E-state index contributed by atoms with van der Waals surface area (Å²) >= 11 is 0. The molecule has 2 amide bonds. The van der Waals surface area contributed by atoms with Gasteiger partial charge in [0, 0.05) is 48.5 Å². The number of nitrogens with one attached hydrogen (secondary N) is 2. The van der Waals surface area contributed by atoms with E-state index in [9.17, 15) is 33.6 Å². The molecule has 2 saturated heterocycles. The minimum Gasteiger partial charge on any atom is -0.463 e. The average Bonchev–Trinajstić information content (AvgIpc) is 3.08. The number of hydrogen-bond acceptors (Lipinski definition) is 16. The fourth-order valence-electron chi connectivity index (χ4n) is 6.36. The normalized spacial score (nSPS) is 27.5. The smallest absolute Gasteiger partial charge is 0.303 e. The summed E-state index contributed by atoms with van der Waals surface area (Å²) in [6, 6.07) is 10.8. The number of carbonyl (C=O) groups excluding carboxylic acids is 7. The number of hydrogen-bond donors (Lipinski definition) is 2. The molecule has 0 spiro atoms. The van der Waals surface area contributed by atoms with Crippen molar-refractivity contribution in [2.45, 2.75) is 116 Å². The van der Waals surface area contributed by atoms with E-state index < -0.39 is 116 Å². The third kappa shape index (κ3) is 12.2. The van der Waals surface area contributed by atoms with E-state index in [0.717, 1.165) is 51.0 Å². The standard InChI is InChI=1S/C37H46N2O16/c1-18(40)38-30-34(52-23(6)45)33(51-22(5)44)29(55-36(30)48-15-25-12-13-26-10-8-9-11-27(26)14-25)17-49-37-31(39-19(2)41)35(53-24(7)46)32(50-21(4)43)28(54-37)16-47-20(3)42/h8-14,28-37H,15-17H2,1-7H3,(H,38,40)(H,39,41)/t28-,29-,30-,31-,32-,33+,34-,35-,36+,37-/m1/s1. The van der Waals surface area contributed by atoms with Crippen LogP contribution < -0.4 is 10.6 Å². The Hall–Kier alpha value is -5.17. The zero-order chi connectivity index (χ0) is 40.4. The maximum Gasteiger partial charge on any atom is 0.303 e. The molecule has 2 fully saturated rings. The minimum atomic E-state index is -1.51. The molecule has 55 heavy (non-hydrogen) atoms. The third-order valence-electron chi connectivity index (χ3n) is 8.34. The van der Waals surface area contributed by atoms with Crippen molar-refractivity contribution < 1.29 is 76.2 Å². The summed E-state index contributed by atoms with van der Waals surface area (Å²) in [7, 11) is 0. The number of benzene rings is 2. The summed E-state index contributed by atoms with van der Waals surface area (Å²) in [5.74, 6) is -5.01. The van der Waals surface area contributed by atoms with Crippen LogP contribution in [0.25, 0.3) is 10.8 Å². The zero-order valence-corrected chi connectivity index (χ0v) is 31.5. The lowest BCUT2D eigenvalue weighted by Crippen LogP contribution is -2.68. The maximum atomic E-state index is 12.5. The monoisotopic (exact) mass is 774 g/mol. The van der Waals surface area contributed by atoms with Crippen molar-refractivity contribution in [1.29, 1.82) is 0 Å². The molecular weight excluding hydrogens is 728 g/mol. The molecule has 2 aliphatic heterocycles. The zero-order valence-electron chi connectivity index (χ0n) is 31.5. The van der Waals surface area contributed by atoms with Crippen molar-refractivity contribution in [1.82, 2.24) is 10.6 Å². The van der Waals surface area contributed by atoms with Crippen LogP contribution in [0.5, 0.6) is 0 Å². The topological polar surface area (TPSA) is 227 Å². The molecule has 2 aliphatic rings. The van der Waals surface area contributed by atoms with Crippen molar-refractivity contribution in [3.8, 4) is 0 Å². The minimum absolute atomic E-state index is 0.0278. The lowest BCUT2D eigenvalue weighted by molar-refractivity contribution is -0.308. The van der Waals surface area contributed by atoms with Crippen LogP contribution in [0.15, 0.2) is 42.5 Å². The van der Waals surface area contributed by atoms with Crippen LogP contribution in [0.3, 0.4) is 0 Å². The van der Waals surface area contributed by atoms with E-state index in [-0.39, 0.29) is 6.61 Å². The van der Waals surface area contributed by atoms with Gasteiger partial charge in [-0.2, -0.15) is 0 Å². The van der Waals surface area contributed by atoms with E-state index in [4.69, 9.17) is 42.6 Å². The van der Waals surface area contributed by atoms with Crippen LogP contribution in [0.2, 0.25) is 0 Å². The van der Waals surface area contributed by atoms with Gasteiger partial charge in [0.25, 0.3) is 0 Å². The Morgan fingerprint density at radius 2 is 1.00 bits per heavy atom. The fraction of sp³-hybridized carbons (Fsp3) is 0.541. The Bertz CT molecular complexity index is 1730. The summed E-state index contributed by atoms with van der Waals surface area (Å²) < 4.78 is 52.2. The van der Waals surface area contributed by atoms with Gasteiger partial charge >= 0.3 is 29.8 Å². The lowest BCUT2D eigenvalue weighted by Gasteiger charge is -2.47. The van der Waals surface area contributed by atoms with Crippen molar-refractivity contribution in [2.24, 2.45) is 0 Å². The predicted molar refractivity (Wildman–Crippen MR) is 186 cm³/mol. The molecular formula is C37H46N2O16. The first-order chi connectivity index (χ1) is 26.0. The number of fused-ring (bicyclic) bond motifs is 1. The van der Waals surface area contributed by atoms with E-state index in [0.29, 0.717) is 0 Å². The van der Waals surface area contributed by atoms with Gasteiger partial charge in [0.2, 0.25) is 11.8 Å². The summed E-state index contributed by atoms with van der Waals surface area (Å²) in [6.45, 7) is 6.97. The van der Waals surface area contributed by atoms with Gasteiger partial charge in [0.05, 0.1) is 13.2 Å². The highest BCUT2D eigenvalue weighted by molar-refractivity contribution is 5.83. The molecule has 18 heteroatoms. The molecule has 300 valence electrons. The second kappa shape index (κ2) is 19.4. The highest BCUT2D eigenvalue weighted by Crippen LogP contribution is 2.32. The number of rotatable bonds is 14. The first-order valence-electron chi connectivity index (χ1n) is 17.4. The third-order valence-corrected chi connectivity index (χ3v) is 8.34. The molecule has 0 radical (unpaired) electrons. The van der Waals surface area contributed by atoms with Gasteiger partial charge in [-0.25, -0.2) is 0 Å². The molecule has 2 heterocycles. The average molecular weight is 775 g/mol. The summed E-state index contributed by atoms with van der Waals surface area (Å²) in [6.07, 6.45) is -11.0. The van der Waals surface area contributed by atoms with Gasteiger partial charge in [-0.15, -0.1) is 0 Å². The summed E-state index contributed by atoms with van der Waals surface area (Å²) in [4.78, 5) is 86.0. The van der Waals surface area contributed by atoms with Gasteiger partial charge in [-0.1, -0.05) is 36.4 Å². The molecule has 0 aliphatic carbocycles. The van der Waals surface area contributed by atoms with E-state index in [1.54, 1.807) is 0 Å². The van der Waals surface area contributed by atoms with E-state index in [2.05, 4.69) is 10.6 Å². The highest BCUT2D eigenvalue weighted by atomic mass is 16.7. The van der Waals surface area contributed by atoms with Crippen LogP contribution in [0, 0.1) is 0 Å². The fourth-order valence-corrected chi connectivity index (χ4v) is 6.36. The number of carbonyl (C=O) groups is 7. The molecule has 18 nitrogen and oxygen atoms in total. The van der Waals surface area contributed by atoms with Crippen molar-refractivity contribution in [3.63, 3.8) is 0 Å². The predicted octanol–water partition coefficient (Wildman–Crippen LogP) is 1.12. The second-order valence-electron chi connectivity index (χ2n) is 13.0. The van der Waals surface area contributed by atoms with Gasteiger partial charge in [0.1, 0.15) is 30.9 Å². The first kappa shape index (κ1) is 42.6. The van der Waals surface area contributed by atoms with E-state index >= 15 is 0 Å². The summed E-state index contributed by atoms with van der Waals surface area (Å²) in [5.41, 5.74) is 0.745. The van der Waals surface area contributed by atoms with Crippen LogP contribution in [0.1, 0.15) is 54.0 Å². The molecule has 2 aromatic rings. The molecule has 0 aromatic heterocycles. The highest BCUT2D eigenvalue weighted by Gasteiger charge is 2.54. The SMILES string of the molecule is CC(=O)N[C@H]1[C@@H](OCc2ccc3ccccc3c2)O[C@H](CO[C@@H]2O[C@H](COC(C)=O)[C@@H](OC(C)=O)[C@H](OC(C)=O)[C@H]2NC(C)=O)[C@H](OC(C)=O)[C@@H]1OC(C)=O. The molecule has 0 unspecified atom stereocenters. The van der Waals surface area contributed by atoms with Crippen LogP contribution in [-0.4, -0.2) is 116 Å². The second-order valence-corrected chi connectivity index (χ2v) is 13.0. The molecule has 2 N–H and O–H groups in total. The summed E-state index contributed by atoms with van der Waals surface area (Å²) in [5, 5.41) is 7.23. The molecule has 0 bridgehead atoms. The first-order valence-corrected chi connectivity index (χ1v) is 17.4. The van der Waals surface area contributed by atoms with Crippen molar-refractivity contribution in [2.75, 3.05) is 13.2 Å².